The van der Waals surface area contributed by atoms with Gasteiger partial charge in [0.1, 0.15) is 11.6 Å². The van der Waals surface area contributed by atoms with Crippen molar-refractivity contribution in [2.24, 2.45) is 0 Å². The molecule has 0 radical (unpaired) electrons. The molecule has 1 aliphatic rings. The van der Waals surface area contributed by atoms with E-state index in [1.165, 1.54) is 29.2 Å². The summed E-state index contributed by atoms with van der Waals surface area (Å²) in [7, 11) is 1.56. The first-order chi connectivity index (χ1) is 11.1. The summed E-state index contributed by atoms with van der Waals surface area (Å²) in [6.45, 7) is 0. The highest BCUT2D eigenvalue weighted by molar-refractivity contribution is 8.19. The summed E-state index contributed by atoms with van der Waals surface area (Å²) >= 11 is 1.07. The van der Waals surface area contributed by atoms with Crippen molar-refractivity contribution in [1.82, 2.24) is 0 Å². The molecule has 0 aliphatic carbocycles. The molecule has 0 atom stereocenters. The highest BCUT2D eigenvalue weighted by Crippen LogP contribution is 2.36. The van der Waals surface area contributed by atoms with E-state index in [1.807, 2.05) is 18.2 Å². The van der Waals surface area contributed by atoms with E-state index in [0.29, 0.717) is 16.3 Å². The van der Waals surface area contributed by atoms with Crippen molar-refractivity contribution < 1.29 is 13.9 Å². The number of halogens is 1. The largest absolute Gasteiger partial charge is 0.496 e. The Kier molecular flexibility index (Phi) is 4.16. The van der Waals surface area contributed by atoms with Crippen LogP contribution in [0.1, 0.15) is 5.56 Å². The standard InChI is InChI=1S/C17H13FN2O2S/c1-22-14-5-3-2-4-11(14)10-15-16(21)20(17(19)23-15)13-8-6-12(18)7-9-13/h2-10,19H,1H3/b15-10+,19-17?. The zero-order chi connectivity index (χ0) is 16.4. The van der Waals surface area contributed by atoms with Gasteiger partial charge >= 0.3 is 0 Å². The lowest BCUT2D eigenvalue weighted by atomic mass is 10.2. The van der Waals surface area contributed by atoms with E-state index in [9.17, 15) is 9.18 Å². The second-order valence-corrected chi connectivity index (χ2v) is 5.81. The maximum atomic E-state index is 13.0. The van der Waals surface area contributed by atoms with Gasteiger partial charge in [0.05, 0.1) is 17.7 Å². The number of rotatable bonds is 3. The molecule has 3 rings (SSSR count). The molecule has 2 aromatic rings. The zero-order valence-corrected chi connectivity index (χ0v) is 13.1. The summed E-state index contributed by atoms with van der Waals surface area (Å²) in [4.78, 5) is 14.2. The van der Waals surface area contributed by atoms with E-state index >= 15 is 0 Å². The second-order valence-electron chi connectivity index (χ2n) is 4.77. The number of methoxy groups -OCH3 is 1. The number of carbonyl (C=O) groups is 1. The number of amides is 1. The van der Waals surface area contributed by atoms with E-state index < -0.39 is 0 Å². The van der Waals surface area contributed by atoms with Crippen LogP contribution in [0, 0.1) is 11.2 Å². The molecule has 0 aromatic heterocycles. The van der Waals surface area contributed by atoms with Crippen LogP contribution in [0.4, 0.5) is 10.1 Å². The van der Waals surface area contributed by atoms with Crippen molar-refractivity contribution in [2.75, 3.05) is 12.0 Å². The van der Waals surface area contributed by atoms with Crippen LogP contribution in [0.2, 0.25) is 0 Å². The molecule has 0 bridgehead atoms. The Morgan fingerprint density at radius 2 is 1.87 bits per heavy atom. The number of amidine groups is 1. The van der Waals surface area contributed by atoms with Gasteiger partial charge in [-0.2, -0.15) is 0 Å². The molecule has 23 heavy (non-hydrogen) atoms. The molecule has 0 saturated carbocycles. The third-order valence-electron chi connectivity index (χ3n) is 3.33. The third kappa shape index (κ3) is 2.98. The van der Waals surface area contributed by atoms with E-state index in [4.69, 9.17) is 10.1 Å². The monoisotopic (exact) mass is 328 g/mol. The number of hydrogen-bond donors (Lipinski definition) is 1. The number of anilines is 1. The van der Waals surface area contributed by atoms with Gasteiger partial charge in [-0.05, 0) is 48.2 Å². The van der Waals surface area contributed by atoms with Gasteiger partial charge in [0.2, 0.25) is 0 Å². The molecule has 1 aliphatic heterocycles. The van der Waals surface area contributed by atoms with E-state index in [-0.39, 0.29) is 16.9 Å². The number of ether oxygens (including phenoxy) is 1. The van der Waals surface area contributed by atoms with Crippen LogP contribution < -0.4 is 9.64 Å². The molecule has 6 heteroatoms. The van der Waals surface area contributed by atoms with Crippen LogP contribution in [0.5, 0.6) is 5.75 Å². The van der Waals surface area contributed by atoms with Gasteiger partial charge in [-0.1, -0.05) is 18.2 Å². The predicted molar refractivity (Wildman–Crippen MR) is 90.2 cm³/mol. The minimum atomic E-state index is -0.385. The number of nitrogens with zero attached hydrogens (tertiary/aromatic N) is 1. The fraction of sp³-hybridized carbons (Fsp3) is 0.0588. The Balaban J connectivity index is 1.95. The van der Waals surface area contributed by atoms with Gasteiger partial charge in [0, 0.05) is 5.56 Å². The molecule has 1 heterocycles. The number of carbonyl (C=O) groups excluding carboxylic acids is 1. The molecule has 1 fully saturated rings. The summed E-state index contributed by atoms with van der Waals surface area (Å²) in [6.07, 6.45) is 1.70. The zero-order valence-electron chi connectivity index (χ0n) is 12.2. The Labute approximate surface area is 137 Å². The first-order valence-electron chi connectivity index (χ1n) is 6.81. The van der Waals surface area contributed by atoms with Crippen LogP contribution in [0.25, 0.3) is 6.08 Å². The molecule has 0 spiro atoms. The van der Waals surface area contributed by atoms with Crippen molar-refractivity contribution in [3.05, 3.63) is 64.8 Å². The molecule has 0 unspecified atom stereocenters. The molecular weight excluding hydrogens is 315 g/mol. The Bertz CT molecular complexity index is 802. The number of para-hydroxylation sites is 1. The maximum absolute atomic E-state index is 13.0. The van der Waals surface area contributed by atoms with Crippen LogP contribution in [-0.2, 0) is 4.79 Å². The third-order valence-corrected chi connectivity index (χ3v) is 4.22. The first-order valence-corrected chi connectivity index (χ1v) is 7.63. The SMILES string of the molecule is COc1ccccc1/C=C1/SC(=N)N(c2ccc(F)cc2)C1=O. The van der Waals surface area contributed by atoms with Gasteiger partial charge in [-0.15, -0.1) is 0 Å². The van der Waals surface area contributed by atoms with Crippen LogP contribution in [-0.4, -0.2) is 18.2 Å². The normalized spacial score (nSPS) is 16.3. The van der Waals surface area contributed by atoms with Crippen molar-refractivity contribution in [3.63, 3.8) is 0 Å². The summed E-state index contributed by atoms with van der Waals surface area (Å²) < 4.78 is 18.3. The summed E-state index contributed by atoms with van der Waals surface area (Å²) in [5.74, 6) is -0.0398. The van der Waals surface area contributed by atoms with Gasteiger partial charge in [0.15, 0.2) is 5.17 Å². The lowest BCUT2D eigenvalue weighted by molar-refractivity contribution is -0.113. The molecular formula is C17H13FN2O2S. The van der Waals surface area contributed by atoms with Gasteiger partial charge in [0.25, 0.3) is 5.91 Å². The quantitative estimate of drug-likeness (QED) is 0.870. The lowest BCUT2D eigenvalue weighted by Crippen LogP contribution is -2.28. The van der Waals surface area contributed by atoms with Crippen LogP contribution in [0.3, 0.4) is 0 Å². The molecule has 2 aromatic carbocycles. The van der Waals surface area contributed by atoms with E-state index in [0.717, 1.165) is 17.3 Å². The van der Waals surface area contributed by atoms with Crippen molar-refractivity contribution in [2.45, 2.75) is 0 Å². The van der Waals surface area contributed by atoms with Crippen LogP contribution >= 0.6 is 11.8 Å². The average Bonchev–Trinajstić information content (AvgIpc) is 2.83. The topological polar surface area (TPSA) is 53.4 Å². The second kappa shape index (κ2) is 6.26. The average molecular weight is 328 g/mol. The molecule has 116 valence electrons. The lowest BCUT2D eigenvalue weighted by Gasteiger charge is -2.14. The minimum Gasteiger partial charge on any atom is -0.496 e. The fourth-order valence-corrected chi connectivity index (χ4v) is 3.09. The van der Waals surface area contributed by atoms with E-state index in [1.54, 1.807) is 19.3 Å². The predicted octanol–water partition coefficient (Wildman–Crippen LogP) is 3.89. The smallest absolute Gasteiger partial charge is 0.271 e. The fourth-order valence-electron chi connectivity index (χ4n) is 2.24. The van der Waals surface area contributed by atoms with Crippen LogP contribution in [0.15, 0.2) is 53.4 Å². The highest BCUT2D eigenvalue weighted by Gasteiger charge is 2.33. The maximum Gasteiger partial charge on any atom is 0.271 e. The number of nitrogens with one attached hydrogen (secondary N) is 1. The summed E-state index contributed by atoms with van der Waals surface area (Å²) in [6, 6.07) is 12.8. The minimum absolute atomic E-state index is 0.0859. The summed E-state index contributed by atoms with van der Waals surface area (Å²) in [5.41, 5.74) is 1.23. The summed E-state index contributed by atoms with van der Waals surface area (Å²) in [5, 5.41) is 8.11. The molecule has 1 saturated heterocycles. The van der Waals surface area contributed by atoms with Gasteiger partial charge < -0.3 is 4.74 Å². The van der Waals surface area contributed by atoms with Crippen molar-refractivity contribution in [1.29, 1.82) is 5.41 Å². The first kappa shape index (κ1) is 15.3. The van der Waals surface area contributed by atoms with Gasteiger partial charge in [-0.25, -0.2) is 4.39 Å². The highest BCUT2D eigenvalue weighted by atomic mass is 32.2. The van der Waals surface area contributed by atoms with Crippen molar-refractivity contribution in [3.8, 4) is 5.75 Å². The Morgan fingerprint density at radius 1 is 1.17 bits per heavy atom. The molecule has 1 N–H and O–H groups in total. The number of benzene rings is 2. The Morgan fingerprint density at radius 3 is 2.57 bits per heavy atom. The number of hydrogen-bond acceptors (Lipinski definition) is 4. The molecule has 4 nitrogen and oxygen atoms in total. The molecule has 1 amide bonds. The van der Waals surface area contributed by atoms with E-state index in [2.05, 4.69) is 0 Å². The van der Waals surface area contributed by atoms with Crippen molar-refractivity contribution >= 4 is 34.6 Å². The Hall–Kier alpha value is -2.60. The van der Waals surface area contributed by atoms with Gasteiger partial charge in [-0.3, -0.25) is 15.1 Å². The number of thioether (sulfide) groups is 1.